The summed E-state index contributed by atoms with van der Waals surface area (Å²) in [5.74, 6) is 0.744. The van der Waals surface area contributed by atoms with Crippen LogP contribution in [0.5, 0.6) is 0 Å². The molecule has 1 fully saturated rings. The van der Waals surface area contributed by atoms with E-state index >= 15 is 0 Å². The van der Waals surface area contributed by atoms with Gasteiger partial charge in [0.2, 0.25) is 0 Å². The molecule has 3 nitrogen and oxygen atoms in total. The smallest absolute Gasteiger partial charge is 0.186 e. The Bertz CT molecular complexity index is 497. The van der Waals surface area contributed by atoms with E-state index in [4.69, 9.17) is 4.98 Å². The lowest BCUT2D eigenvalue weighted by Gasteiger charge is -2.36. The van der Waals surface area contributed by atoms with E-state index in [1.165, 1.54) is 12.8 Å². The van der Waals surface area contributed by atoms with Crippen molar-refractivity contribution in [1.29, 1.82) is 0 Å². The van der Waals surface area contributed by atoms with Gasteiger partial charge in [-0.05, 0) is 43.9 Å². The van der Waals surface area contributed by atoms with E-state index in [1.807, 2.05) is 0 Å². The van der Waals surface area contributed by atoms with Crippen molar-refractivity contribution in [3.8, 4) is 0 Å². The average Bonchev–Trinajstić information content (AvgIpc) is 2.74. The number of aromatic nitrogens is 1. The fourth-order valence-corrected chi connectivity index (χ4v) is 4.74. The summed E-state index contributed by atoms with van der Waals surface area (Å²) >= 11 is 1.72. The molecule has 2 aliphatic rings. The molecule has 1 saturated heterocycles. The lowest BCUT2D eigenvalue weighted by molar-refractivity contribution is 0.102. The number of hydrogen-bond donors (Lipinski definition) is 1. The molecule has 1 aromatic rings. The molecule has 1 aliphatic carbocycles. The maximum absolute atomic E-state index is 10.4. The van der Waals surface area contributed by atoms with Gasteiger partial charge in [0.25, 0.3) is 0 Å². The van der Waals surface area contributed by atoms with Crippen LogP contribution in [0.25, 0.3) is 0 Å². The third-order valence-electron chi connectivity index (χ3n) is 4.77. The van der Waals surface area contributed by atoms with Crippen molar-refractivity contribution in [3.63, 3.8) is 0 Å². The first-order valence-electron chi connectivity index (χ1n) is 7.80. The second-order valence-corrected chi connectivity index (χ2v) is 8.56. The first-order chi connectivity index (χ1) is 9.35. The van der Waals surface area contributed by atoms with Crippen molar-refractivity contribution >= 4 is 16.5 Å². The topological polar surface area (TPSA) is 36.4 Å². The number of nitrogens with zero attached hydrogens (tertiary/aromatic N) is 2. The quantitative estimate of drug-likeness (QED) is 0.856. The van der Waals surface area contributed by atoms with Gasteiger partial charge in [0.15, 0.2) is 5.13 Å². The fraction of sp³-hybridized carbons (Fsp3) is 0.812. The molecule has 0 saturated carbocycles. The van der Waals surface area contributed by atoms with Crippen LogP contribution in [0.4, 0.5) is 5.13 Å². The Morgan fingerprint density at radius 1 is 1.30 bits per heavy atom. The Labute approximate surface area is 126 Å². The molecular formula is C16H26N2OS. The molecule has 112 valence electrons. The molecule has 1 aromatic heterocycles. The Kier molecular flexibility index (Phi) is 3.57. The van der Waals surface area contributed by atoms with Crippen LogP contribution in [0, 0.1) is 11.3 Å². The van der Waals surface area contributed by atoms with Crippen LogP contribution in [0.1, 0.15) is 63.6 Å². The fourth-order valence-electron chi connectivity index (χ4n) is 3.56. The SMILES string of the molecule is CC1CCC(C)N(c2nc3c(s2)C(O)CC(C)(C)C3)C1. The normalized spacial score (nSPS) is 33.0. The van der Waals surface area contributed by atoms with Gasteiger partial charge < -0.3 is 10.0 Å². The van der Waals surface area contributed by atoms with Crippen LogP contribution in [-0.2, 0) is 6.42 Å². The van der Waals surface area contributed by atoms with Gasteiger partial charge in [-0.3, -0.25) is 0 Å². The molecule has 0 aromatic carbocycles. The van der Waals surface area contributed by atoms with Crippen molar-refractivity contribution < 1.29 is 5.11 Å². The lowest BCUT2D eigenvalue weighted by atomic mass is 9.77. The second kappa shape index (κ2) is 4.99. The molecule has 1 aliphatic heterocycles. The van der Waals surface area contributed by atoms with Crippen LogP contribution in [0.2, 0.25) is 0 Å². The first kappa shape index (κ1) is 14.3. The van der Waals surface area contributed by atoms with Crippen molar-refractivity contribution in [2.45, 2.75) is 65.5 Å². The van der Waals surface area contributed by atoms with Crippen molar-refractivity contribution in [1.82, 2.24) is 4.98 Å². The molecule has 20 heavy (non-hydrogen) atoms. The highest BCUT2D eigenvalue weighted by Crippen LogP contribution is 2.45. The first-order valence-corrected chi connectivity index (χ1v) is 8.62. The molecule has 3 unspecified atom stereocenters. The zero-order valence-electron chi connectivity index (χ0n) is 13.0. The molecular weight excluding hydrogens is 268 g/mol. The zero-order chi connectivity index (χ0) is 14.5. The number of hydrogen-bond acceptors (Lipinski definition) is 4. The standard InChI is InChI=1S/C16H26N2OS/c1-10-5-6-11(2)18(9-10)15-17-12-7-16(3,4)8-13(19)14(12)20-15/h10-11,13,19H,5-9H2,1-4H3. The molecule has 4 heteroatoms. The van der Waals surface area contributed by atoms with Crippen molar-refractivity contribution in [2.24, 2.45) is 11.3 Å². The van der Waals surface area contributed by atoms with Gasteiger partial charge >= 0.3 is 0 Å². The highest BCUT2D eigenvalue weighted by molar-refractivity contribution is 7.15. The summed E-state index contributed by atoms with van der Waals surface area (Å²) in [6, 6.07) is 0.573. The highest BCUT2D eigenvalue weighted by atomic mass is 32.1. The van der Waals surface area contributed by atoms with Gasteiger partial charge in [-0.1, -0.05) is 32.1 Å². The molecule has 3 rings (SSSR count). The van der Waals surface area contributed by atoms with Crippen LogP contribution < -0.4 is 4.90 Å². The summed E-state index contributed by atoms with van der Waals surface area (Å²) in [5.41, 5.74) is 1.30. The number of fused-ring (bicyclic) bond motifs is 1. The number of aliphatic hydroxyl groups excluding tert-OH is 1. The highest BCUT2D eigenvalue weighted by Gasteiger charge is 2.35. The minimum Gasteiger partial charge on any atom is -0.387 e. The average molecular weight is 294 g/mol. The van der Waals surface area contributed by atoms with Gasteiger partial charge in [0.1, 0.15) is 0 Å². The van der Waals surface area contributed by atoms with Crippen molar-refractivity contribution in [3.05, 3.63) is 10.6 Å². The van der Waals surface area contributed by atoms with Gasteiger partial charge in [-0.15, -0.1) is 0 Å². The third-order valence-corrected chi connectivity index (χ3v) is 6.01. The summed E-state index contributed by atoms with van der Waals surface area (Å²) in [5, 5.41) is 11.5. The molecule has 2 heterocycles. The number of thiazole rings is 1. The van der Waals surface area contributed by atoms with E-state index in [0.29, 0.717) is 6.04 Å². The molecule has 0 bridgehead atoms. The maximum atomic E-state index is 10.4. The zero-order valence-corrected chi connectivity index (χ0v) is 13.8. The van der Waals surface area contributed by atoms with E-state index in [-0.39, 0.29) is 11.5 Å². The van der Waals surface area contributed by atoms with E-state index in [9.17, 15) is 5.11 Å². The Balaban J connectivity index is 1.89. The summed E-state index contributed by atoms with van der Waals surface area (Å²) in [4.78, 5) is 8.46. The molecule has 3 atom stereocenters. The minimum atomic E-state index is -0.322. The van der Waals surface area contributed by atoms with E-state index in [1.54, 1.807) is 11.3 Å². The second-order valence-electron chi connectivity index (χ2n) is 7.55. The van der Waals surface area contributed by atoms with Gasteiger partial charge in [0, 0.05) is 12.6 Å². The number of aliphatic hydroxyl groups is 1. The summed E-state index contributed by atoms with van der Waals surface area (Å²) in [6.07, 6.45) is 4.09. The number of rotatable bonds is 1. The van der Waals surface area contributed by atoms with Crippen LogP contribution in [-0.4, -0.2) is 22.7 Å². The Morgan fingerprint density at radius 2 is 2.05 bits per heavy atom. The monoisotopic (exact) mass is 294 g/mol. The molecule has 1 N–H and O–H groups in total. The number of piperidine rings is 1. The summed E-state index contributed by atoms with van der Waals surface area (Å²) in [6.45, 7) is 10.2. The molecule has 0 radical (unpaired) electrons. The van der Waals surface area contributed by atoms with Crippen LogP contribution in [0.15, 0.2) is 0 Å². The molecule has 0 spiro atoms. The predicted octanol–water partition coefficient (Wildman–Crippen LogP) is 3.77. The van der Waals surface area contributed by atoms with Crippen LogP contribution >= 0.6 is 11.3 Å². The summed E-state index contributed by atoms with van der Waals surface area (Å²) in [7, 11) is 0. The minimum absolute atomic E-state index is 0.165. The Morgan fingerprint density at radius 3 is 2.80 bits per heavy atom. The number of anilines is 1. The third kappa shape index (κ3) is 2.60. The predicted molar refractivity (Wildman–Crippen MR) is 84.4 cm³/mol. The van der Waals surface area contributed by atoms with Gasteiger partial charge in [-0.25, -0.2) is 4.98 Å². The molecule has 0 amide bonds. The maximum Gasteiger partial charge on any atom is 0.186 e. The summed E-state index contributed by atoms with van der Waals surface area (Å²) < 4.78 is 0. The van der Waals surface area contributed by atoms with E-state index < -0.39 is 0 Å². The Hall–Kier alpha value is -0.610. The van der Waals surface area contributed by atoms with Crippen molar-refractivity contribution in [2.75, 3.05) is 11.4 Å². The largest absolute Gasteiger partial charge is 0.387 e. The lowest BCUT2D eigenvalue weighted by Crippen LogP contribution is -2.41. The van der Waals surface area contributed by atoms with Gasteiger partial charge in [-0.2, -0.15) is 0 Å². The van der Waals surface area contributed by atoms with Gasteiger partial charge in [0.05, 0.1) is 16.7 Å². The van der Waals surface area contributed by atoms with E-state index in [2.05, 4.69) is 32.6 Å². The van der Waals surface area contributed by atoms with E-state index in [0.717, 1.165) is 41.0 Å². The van der Waals surface area contributed by atoms with Crippen LogP contribution in [0.3, 0.4) is 0 Å².